The highest BCUT2D eigenvalue weighted by Gasteiger charge is 2.12. The van der Waals surface area contributed by atoms with Crippen molar-refractivity contribution in [3.05, 3.63) is 0 Å². The number of carbonyl (C=O) groups is 2. The molecule has 0 fully saturated rings. The largest absolute Gasteiger partial charge is 0.481 e. The van der Waals surface area contributed by atoms with Crippen LogP contribution in [0.5, 0.6) is 0 Å². The van der Waals surface area contributed by atoms with Gasteiger partial charge in [0, 0.05) is 26.6 Å². The van der Waals surface area contributed by atoms with Gasteiger partial charge >= 0.3 is 12.0 Å². The summed E-state index contributed by atoms with van der Waals surface area (Å²) >= 11 is 0. The summed E-state index contributed by atoms with van der Waals surface area (Å²) in [6.07, 6.45) is 0.582. The van der Waals surface area contributed by atoms with Gasteiger partial charge in [-0.25, -0.2) is 4.79 Å². The number of carbonyl (C=O) groups excluding carboxylic acids is 1. The average Bonchev–Trinajstić information content (AvgIpc) is 2.24. The third-order valence-corrected chi connectivity index (χ3v) is 2.94. The molecule has 0 radical (unpaired) electrons. The van der Waals surface area contributed by atoms with Crippen molar-refractivity contribution in [3.8, 4) is 0 Å². The first-order valence-corrected chi connectivity index (χ1v) is 6.05. The van der Waals surface area contributed by atoms with E-state index in [-0.39, 0.29) is 12.5 Å². The number of amides is 2. The highest BCUT2D eigenvalue weighted by Crippen LogP contribution is 2.07. The monoisotopic (exact) mass is 244 g/mol. The number of aliphatic carboxylic acids is 1. The molecule has 0 spiro atoms. The van der Waals surface area contributed by atoms with Crippen LogP contribution in [0.25, 0.3) is 0 Å². The van der Waals surface area contributed by atoms with E-state index in [1.807, 2.05) is 0 Å². The van der Waals surface area contributed by atoms with E-state index in [1.165, 1.54) is 4.90 Å². The maximum Gasteiger partial charge on any atom is 0.317 e. The van der Waals surface area contributed by atoms with Crippen molar-refractivity contribution in [1.82, 2.24) is 10.2 Å². The lowest BCUT2D eigenvalue weighted by molar-refractivity contribution is -0.137. The van der Waals surface area contributed by atoms with E-state index in [1.54, 1.807) is 7.05 Å². The summed E-state index contributed by atoms with van der Waals surface area (Å²) in [6, 6.07) is -0.136. The Kier molecular flexibility index (Phi) is 7.34. The molecule has 1 atom stereocenters. The molecule has 5 nitrogen and oxygen atoms in total. The number of nitrogens with one attached hydrogen (secondary N) is 1. The zero-order valence-electron chi connectivity index (χ0n) is 11.2. The zero-order valence-corrected chi connectivity index (χ0v) is 11.2. The molecular weight excluding hydrogens is 220 g/mol. The van der Waals surface area contributed by atoms with Crippen molar-refractivity contribution >= 4 is 12.0 Å². The van der Waals surface area contributed by atoms with E-state index in [0.717, 1.165) is 0 Å². The fourth-order valence-electron chi connectivity index (χ4n) is 1.19. The van der Waals surface area contributed by atoms with Crippen molar-refractivity contribution in [2.45, 2.75) is 33.6 Å². The van der Waals surface area contributed by atoms with E-state index in [2.05, 4.69) is 26.1 Å². The van der Waals surface area contributed by atoms with Crippen LogP contribution in [0.4, 0.5) is 4.79 Å². The second kappa shape index (κ2) is 7.92. The van der Waals surface area contributed by atoms with E-state index in [9.17, 15) is 9.59 Å². The van der Waals surface area contributed by atoms with Crippen LogP contribution in [0.1, 0.15) is 33.6 Å². The SMILES string of the molecule is CC(C)C(C)CNC(=O)N(C)CCCC(=O)O. The minimum Gasteiger partial charge on any atom is -0.481 e. The number of hydrogen-bond donors (Lipinski definition) is 2. The summed E-state index contributed by atoms with van der Waals surface area (Å²) in [4.78, 5) is 23.5. The van der Waals surface area contributed by atoms with Gasteiger partial charge in [-0.05, 0) is 18.3 Å². The second-order valence-electron chi connectivity index (χ2n) is 4.83. The first-order chi connectivity index (χ1) is 7.84. The summed E-state index contributed by atoms with van der Waals surface area (Å²) in [7, 11) is 1.68. The van der Waals surface area contributed by atoms with Gasteiger partial charge in [-0.15, -0.1) is 0 Å². The minimum absolute atomic E-state index is 0.0972. The summed E-state index contributed by atoms with van der Waals surface area (Å²) in [5.41, 5.74) is 0. The molecule has 0 aliphatic rings. The van der Waals surface area contributed by atoms with Crippen LogP contribution in [0.3, 0.4) is 0 Å². The zero-order chi connectivity index (χ0) is 13.4. The molecule has 2 amide bonds. The first kappa shape index (κ1) is 15.7. The van der Waals surface area contributed by atoms with Gasteiger partial charge < -0.3 is 15.3 Å². The van der Waals surface area contributed by atoms with Crippen LogP contribution in [0.15, 0.2) is 0 Å². The predicted molar refractivity (Wildman–Crippen MR) is 66.9 cm³/mol. The Morgan fingerprint density at radius 1 is 1.29 bits per heavy atom. The Morgan fingerprint density at radius 2 is 1.88 bits per heavy atom. The van der Waals surface area contributed by atoms with Gasteiger partial charge in [-0.1, -0.05) is 20.8 Å². The van der Waals surface area contributed by atoms with Crippen LogP contribution in [-0.4, -0.2) is 42.1 Å². The number of rotatable bonds is 7. The molecule has 0 saturated carbocycles. The quantitative estimate of drug-likeness (QED) is 0.717. The third-order valence-electron chi connectivity index (χ3n) is 2.94. The summed E-state index contributed by atoms with van der Waals surface area (Å²) in [6.45, 7) is 7.45. The highest BCUT2D eigenvalue weighted by atomic mass is 16.4. The van der Waals surface area contributed by atoms with Gasteiger partial charge in [0.1, 0.15) is 0 Å². The molecule has 5 heteroatoms. The smallest absolute Gasteiger partial charge is 0.317 e. The minimum atomic E-state index is -0.827. The molecule has 17 heavy (non-hydrogen) atoms. The molecule has 2 N–H and O–H groups in total. The van der Waals surface area contributed by atoms with Crippen LogP contribution < -0.4 is 5.32 Å². The normalized spacial score (nSPS) is 12.3. The van der Waals surface area contributed by atoms with E-state index in [4.69, 9.17) is 5.11 Å². The molecule has 100 valence electrons. The molecule has 0 heterocycles. The average molecular weight is 244 g/mol. The van der Waals surface area contributed by atoms with Gasteiger partial charge in [0.15, 0.2) is 0 Å². The molecule has 0 aromatic rings. The molecule has 0 aliphatic carbocycles. The topological polar surface area (TPSA) is 69.6 Å². The second-order valence-corrected chi connectivity index (χ2v) is 4.83. The van der Waals surface area contributed by atoms with Gasteiger partial charge in [0.05, 0.1) is 0 Å². The Morgan fingerprint density at radius 3 is 2.35 bits per heavy atom. The number of nitrogens with zero attached hydrogens (tertiary/aromatic N) is 1. The van der Waals surface area contributed by atoms with E-state index in [0.29, 0.717) is 31.3 Å². The van der Waals surface area contributed by atoms with Crippen LogP contribution in [-0.2, 0) is 4.79 Å². The van der Waals surface area contributed by atoms with Gasteiger partial charge in [0.2, 0.25) is 0 Å². The number of carboxylic acid groups (broad SMARTS) is 1. The predicted octanol–water partition coefficient (Wildman–Crippen LogP) is 1.78. The standard InChI is InChI=1S/C12H24N2O3/c1-9(2)10(3)8-13-12(17)14(4)7-5-6-11(15)16/h9-10H,5-8H2,1-4H3,(H,13,17)(H,15,16). The molecular formula is C12H24N2O3. The molecule has 0 aromatic heterocycles. The first-order valence-electron chi connectivity index (χ1n) is 6.05. The summed E-state index contributed by atoms with van der Waals surface area (Å²) in [5, 5.41) is 11.3. The van der Waals surface area contributed by atoms with E-state index < -0.39 is 5.97 Å². The summed E-state index contributed by atoms with van der Waals surface area (Å²) in [5.74, 6) is 0.145. The molecule has 0 aliphatic heterocycles. The number of urea groups is 1. The maximum absolute atomic E-state index is 11.6. The van der Waals surface area contributed by atoms with Gasteiger partial charge in [0.25, 0.3) is 0 Å². The lowest BCUT2D eigenvalue weighted by atomic mass is 9.98. The maximum atomic E-state index is 11.6. The van der Waals surface area contributed by atoms with E-state index >= 15 is 0 Å². The molecule has 0 rings (SSSR count). The lowest BCUT2D eigenvalue weighted by Crippen LogP contribution is -2.40. The fourth-order valence-corrected chi connectivity index (χ4v) is 1.19. The molecule has 1 unspecified atom stereocenters. The Hall–Kier alpha value is -1.26. The Labute approximate surface area is 103 Å². The van der Waals surface area contributed by atoms with Crippen molar-refractivity contribution in [2.24, 2.45) is 11.8 Å². The van der Waals surface area contributed by atoms with Crippen molar-refractivity contribution in [1.29, 1.82) is 0 Å². The number of carboxylic acids is 1. The third kappa shape index (κ3) is 7.60. The number of hydrogen-bond acceptors (Lipinski definition) is 2. The van der Waals surface area contributed by atoms with Gasteiger partial charge in [-0.3, -0.25) is 4.79 Å². The van der Waals surface area contributed by atoms with Crippen molar-refractivity contribution in [3.63, 3.8) is 0 Å². The lowest BCUT2D eigenvalue weighted by Gasteiger charge is -2.21. The molecule has 0 saturated heterocycles. The van der Waals surface area contributed by atoms with Gasteiger partial charge in [-0.2, -0.15) is 0 Å². The van der Waals surface area contributed by atoms with Crippen molar-refractivity contribution < 1.29 is 14.7 Å². The fraction of sp³-hybridized carbons (Fsp3) is 0.833. The van der Waals surface area contributed by atoms with Crippen molar-refractivity contribution in [2.75, 3.05) is 20.1 Å². The molecule has 0 aromatic carbocycles. The Bertz CT molecular complexity index is 254. The summed E-state index contributed by atoms with van der Waals surface area (Å²) < 4.78 is 0. The van der Waals surface area contributed by atoms with Crippen LogP contribution in [0, 0.1) is 11.8 Å². The van der Waals surface area contributed by atoms with Crippen LogP contribution >= 0.6 is 0 Å². The Balaban J connectivity index is 3.78. The highest BCUT2D eigenvalue weighted by molar-refractivity contribution is 5.73. The van der Waals surface area contributed by atoms with Crippen LogP contribution in [0.2, 0.25) is 0 Å². The molecule has 0 bridgehead atoms.